The zero-order valence-electron chi connectivity index (χ0n) is 20.8. The Hall–Kier alpha value is -3.24. The van der Waals surface area contributed by atoms with Crippen LogP contribution in [-0.4, -0.2) is 74.9 Å². The van der Waals surface area contributed by atoms with Crippen LogP contribution in [0, 0.1) is 0 Å². The number of rotatable bonds is 11. The monoisotopic (exact) mass is 500 g/mol. The molecule has 1 aromatic carbocycles. The molecule has 0 saturated carbocycles. The van der Waals surface area contributed by atoms with Gasteiger partial charge in [-0.3, -0.25) is 4.79 Å². The van der Waals surface area contributed by atoms with E-state index in [4.69, 9.17) is 14.2 Å². The van der Waals surface area contributed by atoms with Crippen LogP contribution < -0.4 is 14.8 Å². The highest BCUT2D eigenvalue weighted by Crippen LogP contribution is 2.46. The van der Waals surface area contributed by atoms with Gasteiger partial charge in [-0.15, -0.1) is 0 Å². The number of methoxy groups -OCH3 is 2. The average molecular weight is 501 g/mol. The number of hydrogen-bond acceptors (Lipinski definition) is 9. The molecule has 10 heteroatoms. The van der Waals surface area contributed by atoms with Crippen LogP contribution in [0.5, 0.6) is 11.5 Å². The van der Waals surface area contributed by atoms with E-state index in [0.29, 0.717) is 34.5 Å². The molecule has 1 atom stereocenters. The number of amides is 1. The SMILES string of the molecule is C=CCOC(=O)C1=C(C)N=C2SC=C(CC(=O)NCCN(C)C)N2C1c1ccc(OC)c(OC)c1. The second-order valence-corrected chi connectivity index (χ2v) is 9.06. The fourth-order valence-corrected chi connectivity index (χ4v) is 4.79. The predicted octanol–water partition coefficient (Wildman–Crippen LogP) is 3.08. The van der Waals surface area contributed by atoms with Crippen LogP contribution >= 0.6 is 11.8 Å². The fourth-order valence-electron chi connectivity index (χ4n) is 3.83. The molecule has 1 unspecified atom stereocenters. The van der Waals surface area contributed by atoms with Gasteiger partial charge < -0.3 is 29.3 Å². The van der Waals surface area contributed by atoms with Gasteiger partial charge in [0.15, 0.2) is 16.7 Å². The van der Waals surface area contributed by atoms with Crippen LogP contribution in [0.15, 0.2) is 58.2 Å². The minimum absolute atomic E-state index is 0.0799. The van der Waals surface area contributed by atoms with Crippen molar-refractivity contribution in [2.75, 3.05) is 48.0 Å². The number of nitrogens with one attached hydrogen (secondary N) is 1. The Morgan fingerprint density at radius 1 is 1.26 bits per heavy atom. The second kappa shape index (κ2) is 11.9. The summed E-state index contributed by atoms with van der Waals surface area (Å²) in [5.74, 6) is 0.512. The van der Waals surface area contributed by atoms with Gasteiger partial charge in [-0.05, 0) is 44.1 Å². The van der Waals surface area contributed by atoms with Crippen LogP contribution in [0.1, 0.15) is 24.9 Å². The number of carbonyl (C=O) groups excluding carboxylic acids is 2. The summed E-state index contributed by atoms with van der Waals surface area (Å²) in [6, 6.07) is 4.94. The molecular weight excluding hydrogens is 468 g/mol. The molecule has 1 aromatic rings. The number of esters is 1. The van der Waals surface area contributed by atoms with Crippen molar-refractivity contribution in [3.63, 3.8) is 0 Å². The number of allylic oxidation sites excluding steroid dienone is 1. The number of amidine groups is 1. The van der Waals surface area contributed by atoms with Gasteiger partial charge in [-0.25, -0.2) is 9.79 Å². The third kappa shape index (κ3) is 6.07. The molecule has 188 valence electrons. The second-order valence-electron chi connectivity index (χ2n) is 8.22. The van der Waals surface area contributed by atoms with E-state index in [1.54, 1.807) is 27.2 Å². The zero-order chi connectivity index (χ0) is 25.5. The molecule has 0 spiro atoms. The van der Waals surface area contributed by atoms with Crippen molar-refractivity contribution in [3.8, 4) is 11.5 Å². The highest BCUT2D eigenvalue weighted by molar-refractivity contribution is 8.16. The van der Waals surface area contributed by atoms with Crippen molar-refractivity contribution in [3.05, 3.63) is 58.8 Å². The summed E-state index contributed by atoms with van der Waals surface area (Å²) in [4.78, 5) is 34.5. The summed E-state index contributed by atoms with van der Waals surface area (Å²) < 4.78 is 16.3. The standard InChI is InChI=1S/C25H32N4O5S/c1-7-12-34-24(31)22-16(2)27-25-29(18(15-35-25)14-21(30)26-10-11-28(3)4)23(22)17-8-9-19(32-5)20(13-17)33-6/h7-9,13,15,23H,1,10-12,14H2,2-6H3,(H,26,30). The summed E-state index contributed by atoms with van der Waals surface area (Å²) in [6.45, 7) is 6.78. The molecule has 0 aliphatic carbocycles. The lowest BCUT2D eigenvalue weighted by Gasteiger charge is -2.36. The Balaban J connectivity index is 1.99. The topological polar surface area (TPSA) is 92.7 Å². The van der Waals surface area contributed by atoms with Crippen molar-refractivity contribution in [1.82, 2.24) is 15.1 Å². The van der Waals surface area contributed by atoms with E-state index < -0.39 is 12.0 Å². The van der Waals surface area contributed by atoms with Gasteiger partial charge in [0.2, 0.25) is 5.91 Å². The number of likely N-dealkylation sites (N-methyl/N-ethyl adjacent to an activating group) is 1. The maximum absolute atomic E-state index is 13.2. The lowest BCUT2D eigenvalue weighted by molar-refractivity contribution is -0.138. The number of thioether (sulfide) groups is 1. The third-order valence-corrected chi connectivity index (χ3v) is 6.39. The summed E-state index contributed by atoms with van der Waals surface area (Å²) >= 11 is 1.42. The molecule has 0 bridgehead atoms. The van der Waals surface area contributed by atoms with E-state index in [1.165, 1.54) is 17.8 Å². The van der Waals surface area contributed by atoms with Crippen molar-refractivity contribution >= 4 is 28.8 Å². The normalized spacial score (nSPS) is 17.0. The first kappa shape index (κ1) is 26.4. The first-order chi connectivity index (χ1) is 16.8. The first-order valence-corrected chi connectivity index (χ1v) is 12.0. The Bertz CT molecular complexity index is 1080. The van der Waals surface area contributed by atoms with Crippen molar-refractivity contribution in [1.29, 1.82) is 0 Å². The molecule has 0 saturated heterocycles. The number of nitrogens with zero attached hydrogens (tertiary/aromatic N) is 3. The Morgan fingerprint density at radius 3 is 2.66 bits per heavy atom. The van der Waals surface area contributed by atoms with Crippen LogP contribution in [-0.2, 0) is 14.3 Å². The lowest BCUT2D eigenvalue weighted by atomic mass is 9.93. The first-order valence-electron chi connectivity index (χ1n) is 11.2. The minimum atomic E-state index is -0.560. The number of aliphatic imine (C=N–C) groups is 1. The minimum Gasteiger partial charge on any atom is -0.493 e. The van der Waals surface area contributed by atoms with Crippen molar-refractivity contribution < 1.29 is 23.8 Å². The molecule has 2 aliphatic heterocycles. The number of fused-ring (bicyclic) bond motifs is 1. The molecule has 3 rings (SSSR count). The van der Waals surface area contributed by atoms with Gasteiger partial charge in [-0.1, -0.05) is 30.5 Å². The van der Waals surface area contributed by atoms with Crippen LogP contribution in [0.3, 0.4) is 0 Å². The van der Waals surface area contributed by atoms with Gasteiger partial charge in [0.1, 0.15) is 6.61 Å². The summed E-state index contributed by atoms with van der Waals surface area (Å²) in [6.07, 6.45) is 1.67. The van der Waals surface area contributed by atoms with Crippen LogP contribution in [0.25, 0.3) is 0 Å². The molecule has 0 aromatic heterocycles. The van der Waals surface area contributed by atoms with E-state index in [1.807, 2.05) is 41.4 Å². The average Bonchev–Trinajstić information content (AvgIpc) is 3.22. The number of hydrogen-bond donors (Lipinski definition) is 1. The number of ether oxygens (including phenoxy) is 3. The van der Waals surface area contributed by atoms with Gasteiger partial charge in [-0.2, -0.15) is 0 Å². The van der Waals surface area contributed by atoms with Gasteiger partial charge in [0.25, 0.3) is 0 Å². The smallest absolute Gasteiger partial charge is 0.338 e. The number of carbonyl (C=O) groups is 2. The molecule has 2 aliphatic rings. The molecular formula is C25H32N4O5S. The van der Waals surface area contributed by atoms with Gasteiger partial charge >= 0.3 is 5.97 Å². The van der Waals surface area contributed by atoms with E-state index in [0.717, 1.165) is 17.8 Å². The summed E-state index contributed by atoms with van der Waals surface area (Å²) in [5.41, 5.74) is 2.48. The summed E-state index contributed by atoms with van der Waals surface area (Å²) in [5, 5.41) is 5.55. The van der Waals surface area contributed by atoms with Crippen LogP contribution in [0.2, 0.25) is 0 Å². The highest BCUT2D eigenvalue weighted by Gasteiger charge is 2.41. The molecule has 9 nitrogen and oxygen atoms in total. The van der Waals surface area contributed by atoms with Crippen LogP contribution in [0.4, 0.5) is 0 Å². The molecule has 0 radical (unpaired) electrons. The summed E-state index contributed by atoms with van der Waals surface area (Å²) in [7, 11) is 7.03. The molecule has 35 heavy (non-hydrogen) atoms. The molecule has 1 amide bonds. The molecule has 2 heterocycles. The van der Waals surface area contributed by atoms with E-state index >= 15 is 0 Å². The highest BCUT2D eigenvalue weighted by atomic mass is 32.2. The zero-order valence-corrected chi connectivity index (χ0v) is 21.6. The Kier molecular flexibility index (Phi) is 9.00. The molecule has 1 N–H and O–H groups in total. The third-order valence-electron chi connectivity index (χ3n) is 5.50. The largest absolute Gasteiger partial charge is 0.493 e. The molecule has 0 fully saturated rings. The fraction of sp³-hybridized carbons (Fsp3) is 0.400. The Morgan fingerprint density at radius 2 is 2.00 bits per heavy atom. The lowest BCUT2D eigenvalue weighted by Crippen LogP contribution is -2.38. The number of benzene rings is 1. The predicted molar refractivity (Wildman–Crippen MR) is 137 cm³/mol. The van der Waals surface area contributed by atoms with Gasteiger partial charge in [0.05, 0.1) is 38.0 Å². The van der Waals surface area contributed by atoms with E-state index in [9.17, 15) is 9.59 Å². The maximum Gasteiger partial charge on any atom is 0.338 e. The quantitative estimate of drug-likeness (QED) is 0.366. The van der Waals surface area contributed by atoms with Gasteiger partial charge in [0, 0.05) is 18.8 Å². The van der Waals surface area contributed by atoms with E-state index in [2.05, 4.69) is 16.9 Å². The van der Waals surface area contributed by atoms with Crippen molar-refractivity contribution in [2.45, 2.75) is 19.4 Å². The van der Waals surface area contributed by atoms with Crippen molar-refractivity contribution in [2.24, 2.45) is 4.99 Å². The maximum atomic E-state index is 13.2. The Labute approximate surface area is 210 Å². The van der Waals surface area contributed by atoms with E-state index in [-0.39, 0.29) is 18.9 Å².